The molecule has 0 aromatic carbocycles. The zero-order chi connectivity index (χ0) is 13.3. The second-order valence-electron chi connectivity index (χ2n) is 5.97. The van der Waals surface area contributed by atoms with Crippen LogP contribution in [0.5, 0.6) is 0 Å². The van der Waals surface area contributed by atoms with E-state index in [0.717, 1.165) is 13.1 Å². The number of carbonyl (C=O) groups is 1. The molecule has 1 saturated carbocycles. The highest BCUT2D eigenvalue weighted by atomic mass is 16.1. The minimum atomic E-state index is 0.154. The van der Waals surface area contributed by atoms with Crippen molar-refractivity contribution in [2.75, 3.05) is 32.7 Å². The van der Waals surface area contributed by atoms with E-state index in [9.17, 15) is 4.79 Å². The van der Waals surface area contributed by atoms with E-state index in [1.54, 1.807) is 0 Å². The van der Waals surface area contributed by atoms with Gasteiger partial charge in [-0.25, -0.2) is 0 Å². The minimum Gasteiger partial charge on any atom is -0.354 e. The van der Waals surface area contributed by atoms with Crippen molar-refractivity contribution in [1.82, 2.24) is 15.5 Å². The Balaban J connectivity index is 1.50. The quantitative estimate of drug-likeness (QED) is 0.767. The number of nitrogens with zero attached hydrogens (tertiary/aromatic N) is 1. The van der Waals surface area contributed by atoms with Gasteiger partial charge in [-0.15, -0.1) is 0 Å². The molecule has 19 heavy (non-hydrogen) atoms. The molecule has 4 nitrogen and oxygen atoms in total. The van der Waals surface area contributed by atoms with Gasteiger partial charge in [-0.1, -0.05) is 25.7 Å². The Hall–Kier alpha value is -0.610. The van der Waals surface area contributed by atoms with Crippen LogP contribution in [0, 0.1) is 0 Å². The fourth-order valence-electron chi connectivity index (χ4n) is 3.14. The van der Waals surface area contributed by atoms with Gasteiger partial charge in [0.05, 0.1) is 6.54 Å². The predicted molar refractivity (Wildman–Crippen MR) is 78.2 cm³/mol. The van der Waals surface area contributed by atoms with Crippen molar-refractivity contribution in [3.8, 4) is 0 Å². The summed E-state index contributed by atoms with van der Waals surface area (Å²) in [5.74, 6) is 0.154. The van der Waals surface area contributed by atoms with Gasteiger partial charge >= 0.3 is 0 Å². The lowest BCUT2D eigenvalue weighted by Gasteiger charge is -2.20. The Kier molecular flexibility index (Phi) is 6.65. The fraction of sp³-hybridized carbons (Fsp3) is 0.933. The molecule has 0 aromatic rings. The number of rotatable bonds is 6. The molecular formula is C15H29N3O. The maximum absolute atomic E-state index is 11.7. The van der Waals surface area contributed by atoms with E-state index in [-0.39, 0.29) is 5.91 Å². The zero-order valence-corrected chi connectivity index (χ0v) is 12.1. The molecule has 0 atom stereocenters. The van der Waals surface area contributed by atoms with Gasteiger partial charge in [0.25, 0.3) is 0 Å². The van der Waals surface area contributed by atoms with Crippen LogP contribution >= 0.6 is 0 Å². The number of hydrogen-bond donors (Lipinski definition) is 2. The molecule has 0 unspecified atom stereocenters. The third-order valence-electron chi connectivity index (χ3n) is 4.36. The summed E-state index contributed by atoms with van der Waals surface area (Å²) in [6.45, 7) is 4.71. The Morgan fingerprint density at radius 2 is 1.68 bits per heavy atom. The van der Waals surface area contributed by atoms with Crippen LogP contribution in [-0.2, 0) is 4.79 Å². The molecule has 0 spiro atoms. The smallest absolute Gasteiger partial charge is 0.234 e. The van der Waals surface area contributed by atoms with Gasteiger partial charge in [0, 0.05) is 19.1 Å². The zero-order valence-electron chi connectivity index (χ0n) is 12.1. The maximum Gasteiger partial charge on any atom is 0.234 e. The number of nitrogens with one attached hydrogen (secondary N) is 2. The molecule has 1 aliphatic heterocycles. The Morgan fingerprint density at radius 3 is 2.37 bits per heavy atom. The van der Waals surface area contributed by atoms with Crippen LogP contribution in [-0.4, -0.2) is 49.6 Å². The van der Waals surface area contributed by atoms with Gasteiger partial charge in [0.2, 0.25) is 5.91 Å². The molecule has 1 aliphatic carbocycles. The van der Waals surface area contributed by atoms with Crippen molar-refractivity contribution in [3.63, 3.8) is 0 Å². The van der Waals surface area contributed by atoms with E-state index in [2.05, 4.69) is 15.5 Å². The standard InChI is InChI=1S/C15H29N3O/c19-15(13-17-14-7-3-4-8-14)16-9-12-18-10-5-1-2-6-11-18/h14,17H,1-13H2,(H,16,19). The van der Waals surface area contributed by atoms with Gasteiger partial charge in [-0.2, -0.15) is 0 Å². The van der Waals surface area contributed by atoms with Crippen LogP contribution in [0.1, 0.15) is 51.4 Å². The second-order valence-corrected chi connectivity index (χ2v) is 5.97. The second kappa shape index (κ2) is 8.54. The van der Waals surface area contributed by atoms with Gasteiger partial charge in [-0.3, -0.25) is 4.79 Å². The summed E-state index contributed by atoms with van der Waals surface area (Å²) in [7, 11) is 0. The Bertz CT molecular complexity index is 256. The first-order valence-corrected chi connectivity index (χ1v) is 8.07. The highest BCUT2D eigenvalue weighted by Crippen LogP contribution is 2.17. The molecular weight excluding hydrogens is 238 g/mol. The molecule has 1 heterocycles. The van der Waals surface area contributed by atoms with Crippen LogP contribution < -0.4 is 10.6 Å². The molecule has 2 rings (SSSR count). The van der Waals surface area contributed by atoms with Gasteiger partial charge in [0.15, 0.2) is 0 Å². The van der Waals surface area contributed by atoms with E-state index in [1.165, 1.54) is 64.5 Å². The highest BCUT2D eigenvalue weighted by Gasteiger charge is 2.15. The summed E-state index contributed by atoms with van der Waals surface area (Å²) in [5.41, 5.74) is 0. The van der Waals surface area contributed by atoms with Crippen molar-refractivity contribution in [2.45, 2.75) is 57.4 Å². The van der Waals surface area contributed by atoms with Crippen molar-refractivity contribution in [2.24, 2.45) is 0 Å². The predicted octanol–water partition coefficient (Wildman–Crippen LogP) is 1.51. The first-order chi connectivity index (χ1) is 9.34. The molecule has 1 amide bonds. The summed E-state index contributed by atoms with van der Waals surface area (Å²) < 4.78 is 0. The number of carbonyl (C=O) groups excluding carboxylic acids is 1. The molecule has 0 radical (unpaired) electrons. The summed E-state index contributed by atoms with van der Waals surface area (Å²) >= 11 is 0. The summed E-state index contributed by atoms with van der Waals surface area (Å²) in [5, 5.41) is 6.39. The fourth-order valence-corrected chi connectivity index (χ4v) is 3.14. The average Bonchev–Trinajstić information content (AvgIpc) is 2.80. The molecule has 2 N–H and O–H groups in total. The molecule has 110 valence electrons. The number of likely N-dealkylation sites (tertiary alicyclic amines) is 1. The third-order valence-corrected chi connectivity index (χ3v) is 4.36. The highest BCUT2D eigenvalue weighted by molar-refractivity contribution is 5.77. The van der Waals surface area contributed by atoms with Crippen LogP contribution in [0.25, 0.3) is 0 Å². The molecule has 4 heteroatoms. The topological polar surface area (TPSA) is 44.4 Å². The summed E-state index contributed by atoms with van der Waals surface area (Å²) in [6, 6.07) is 0.580. The first-order valence-electron chi connectivity index (χ1n) is 8.07. The average molecular weight is 267 g/mol. The Labute approximate surface area is 117 Å². The van der Waals surface area contributed by atoms with Crippen molar-refractivity contribution in [3.05, 3.63) is 0 Å². The SMILES string of the molecule is O=C(CNC1CCCC1)NCCN1CCCCCC1. The van der Waals surface area contributed by atoms with Gasteiger partial charge in [-0.05, 0) is 38.8 Å². The summed E-state index contributed by atoms with van der Waals surface area (Å²) in [4.78, 5) is 14.2. The van der Waals surface area contributed by atoms with Crippen molar-refractivity contribution in [1.29, 1.82) is 0 Å². The lowest BCUT2D eigenvalue weighted by atomic mass is 10.2. The lowest BCUT2D eigenvalue weighted by molar-refractivity contribution is -0.120. The van der Waals surface area contributed by atoms with E-state index in [1.807, 2.05) is 0 Å². The monoisotopic (exact) mass is 267 g/mol. The van der Waals surface area contributed by atoms with E-state index in [0.29, 0.717) is 12.6 Å². The molecule has 1 saturated heterocycles. The summed E-state index contributed by atoms with van der Waals surface area (Å²) in [6.07, 6.45) is 10.5. The number of amides is 1. The maximum atomic E-state index is 11.7. The van der Waals surface area contributed by atoms with E-state index < -0.39 is 0 Å². The molecule has 0 aromatic heterocycles. The first kappa shape index (κ1) is 14.8. The van der Waals surface area contributed by atoms with Gasteiger partial charge in [0.1, 0.15) is 0 Å². The minimum absolute atomic E-state index is 0.154. The van der Waals surface area contributed by atoms with Crippen LogP contribution in [0.4, 0.5) is 0 Å². The normalized spacial score (nSPS) is 22.3. The largest absolute Gasteiger partial charge is 0.354 e. The van der Waals surface area contributed by atoms with E-state index in [4.69, 9.17) is 0 Å². The molecule has 2 aliphatic rings. The van der Waals surface area contributed by atoms with Crippen LogP contribution in [0.15, 0.2) is 0 Å². The molecule has 2 fully saturated rings. The molecule has 0 bridgehead atoms. The van der Waals surface area contributed by atoms with Crippen LogP contribution in [0.3, 0.4) is 0 Å². The Morgan fingerprint density at radius 1 is 1.00 bits per heavy atom. The van der Waals surface area contributed by atoms with E-state index >= 15 is 0 Å². The lowest BCUT2D eigenvalue weighted by Crippen LogP contribution is -2.41. The third kappa shape index (κ3) is 5.91. The van der Waals surface area contributed by atoms with Crippen molar-refractivity contribution >= 4 is 5.91 Å². The van der Waals surface area contributed by atoms with Crippen molar-refractivity contribution < 1.29 is 4.79 Å². The number of hydrogen-bond acceptors (Lipinski definition) is 3. The van der Waals surface area contributed by atoms with Gasteiger partial charge < -0.3 is 15.5 Å². The van der Waals surface area contributed by atoms with Crippen LogP contribution in [0.2, 0.25) is 0 Å².